The number of nitrogens with one attached hydrogen (secondary N) is 1. The van der Waals surface area contributed by atoms with Crippen LogP contribution in [0.5, 0.6) is 0 Å². The van der Waals surface area contributed by atoms with Gasteiger partial charge >= 0.3 is 0 Å². The molecule has 8 nitrogen and oxygen atoms in total. The van der Waals surface area contributed by atoms with Gasteiger partial charge in [0.15, 0.2) is 0 Å². The van der Waals surface area contributed by atoms with Crippen molar-refractivity contribution < 1.29 is 9.32 Å². The molecule has 142 valence electrons. The van der Waals surface area contributed by atoms with E-state index in [0.29, 0.717) is 22.2 Å². The lowest BCUT2D eigenvalue weighted by molar-refractivity contribution is -0.123. The minimum atomic E-state index is -0.332. The van der Waals surface area contributed by atoms with Crippen LogP contribution >= 0.6 is 11.8 Å². The molecule has 0 saturated heterocycles. The van der Waals surface area contributed by atoms with Crippen LogP contribution in [0.15, 0.2) is 39.9 Å². The van der Waals surface area contributed by atoms with Gasteiger partial charge in [0.1, 0.15) is 23.0 Å². The first-order chi connectivity index (χ1) is 12.8. The summed E-state index contributed by atoms with van der Waals surface area (Å²) < 4.78 is 6.87. The fourth-order valence-electron chi connectivity index (χ4n) is 2.54. The molecule has 0 fully saturated rings. The summed E-state index contributed by atoms with van der Waals surface area (Å²) in [6.45, 7) is 5.76. The number of nitrogens with zero attached hydrogens (tertiary/aromatic N) is 4. The number of rotatable bonds is 5. The van der Waals surface area contributed by atoms with Gasteiger partial charge in [0, 0.05) is 11.1 Å². The average molecular weight is 386 g/mol. The molecule has 0 aliphatic heterocycles. The number of carbonyl (C=O) groups excluding carboxylic acids is 1. The van der Waals surface area contributed by atoms with Gasteiger partial charge in [-0.2, -0.15) is 10.1 Å². The lowest BCUT2D eigenvalue weighted by Gasteiger charge is -2.20. The lowest BCUT2D eigenvalue weighted by Crippen LogP contribution is -2.42. The number of amides is 1. The van der Waals surface area contributed by atoms with E-state index in [9.17, 15) is 4.79 Å². The molecule has 0 saturated carbocycles. The minimum Gasteiger partial charge on any atom is -0.383 e. The zero-order chi connectivity index (χ0) is 19.6. The van der Waals surface area contributed by atoms with E-state index < -0.39 is 0 Å². The van der Waals surface area contributed by atoms with Gasteiger partial charge in [0.25, 0.3) is 5.89 Å². The number of nitrogens with two attached hydrogens (primary N) is 1. The maximum atomic E-state index is 12.2. The predicted octanol–water partition coefficient (Wildman–Crippen LogP) is 2.82. The normalized spacial score (nSPS) is 11.6. The highest BCUT2D eigenvalue weighted by Crippen LogP contribution is 2.34. The molecular weight excluding hydrogens is 364 g/mol. The second-order valence-electron chi connectivity index (χ2n) is 7.01. The number of nitrogen functional groups attached to an aromatic ring is 1. The summed E-state index contributed by atoms with van der Waals surface area (Å²) in [6, 6.07) is 9.51. The van der Waals surface area contributed by atoms with Crippen LogP contribution in [0, 0.1) is 0 Å². The van der Waals surface area contributed by atoms with Crippen LogP contribution in [0.25, 0.3) is 22.8 Å². The highest BCUT2D eigenvalue weighted by atomic mass is 32.2. The maximum absolute atomic E-state index is 12.2. The van der Waals surface area contributed by atoms with Gasteiger partial charge in [0.05, 0.1) is 0 Å². The van der Waals surface area contributed by atoms with Gasteiger partial charge in [-0.1, -0.05) is 35.5 Å². The molecule has 3 N–H and O–H groups in total. The quantitative estimate of drug-likeness (QED) is 0.648. The van der Waals surface area contributed by atoms with E-state index in [2.05, 4.69) is 20.6 Å². The maximum Gasteiger partial charge on any atom is 0.264 e. The molecule has 0 unspecified atom stereocenters. The summed E-state index contributed by atoms with van der Waals surface area (Å²) in [5, 5.41) is 12.0. The molecule has 2 aromatic heterocycles. The molecule has 0 bridgehead atoms. The van der Waals surface area contributed by atoms with Gasteiger partial charge in [-0.15, -0.1) is 11.8 Å². The van der Waals surface area contributed by atoms with Crippen molar-refractivity contribution in [2.24, 2.45) is 0 Å². The minimum absolute atomic E-state index is 0.0103. The van der Waals surface area contributed by atoms with Crippen molar-refractivity contribution in [2.75, 3.05) is 12.0 Å². The second kappa shape index (κ2) is 7.43. The van der Waals surface area contributed by atoms with Crippen LogP contribution in [0.3, 0.4) is 0 Å². The predicted molar refractivity (Wildman–Crippen MR) is 105 cm³/mol. The van der Waals surface area contributed by atoms with Crippen molar-refractivity contribution in [3.8, 4) is 22.8 Å². The van der Waals surface area contributed by atoms with E-state index >= 15 is 0 Å². The smallest absolute Gasteiger partial charge is 0.264 e. The van der Waals surface area contributed by atoms with Gasteiger partial charge in [0.2, 0.25) is 11.7 Å². The molecule has 1 aromatic carbocycles. The van der Waals surface area contributed by atoms with Crippen LogP contribution in [-0.2, 0) is 11.3 Å². The number of benzene rings is 1. The number of hydrogen-bond donors (Lipinski definition) is 2. The zero-order valence-electron chi connectivity index (χ0n) is 15.7. The molecule has 0 atom stereocenters. The standard InChI is InChI=1S/C18H22N6O2S/c1-18(2,3)21-12(25)10-24-14(19)13(17(22-24)27-4)16-20-15(23-26-16)11-8-6-5-7-9-11/h5-9H,10,19H2,1-4H3,(H,21,25). The molecule has 1 amide bonds. The highest BCUT2D eigenvalue weighted by molar-refractivity contribution is 7.98. The average Bonchev–Trinajstić information content (AvgIpc) is 3.19. The third-order valence-electron chi connectivity index (χ3n) is 3.63. The molecule has 0 radical (unpaired) electrons. The zero-order valence-corrected chi connectivity index (χ0v) is 16.5. The van der Waals surface area contributed by atoms with Crippen molar-refractivity contribution in [3.05, 3.63) is 30.3 Å². The molecule has 0 spiro atoms. The summed E-state index contributed by atoms with van der Waals surface area (Å²) in [4.78, 5) is 16.7. The third-order valence-corrected chi connectivity index (χ3v) is 4.31. The summed E-state index contributed by atoms with van der Waals surface area (Å²) in [5.41, 5.74) is 7.30. The van der Waals surface area contributed by atoms with E-state index in [0.717, 1.165) is 5.56 Å². The molecular formula is C18H22N6O2S. The summed E-state index contributed by atoms with van der Waals surface area (Å²) >= 11 is 1.40. The van der Waals surface area contributed by atoms with Crippen molar-refractivity contribution >= 4 is 23.5 Å². The fourth-order valence-corrected chi connectivity index (χ4v) is 3.12. The Morgan fingerprint density at radius 1 is 1.30 bits per heavy atom. The molecule has 27 heavy (non-hydrogen) atoms. The van der Waals surface area contributed by atoms with Crippen molar-refractivity contribution in [2.45, 2.75) is 37.9 Å². The lowest BCUT2D eigenvalue weighted by atomic mass is 10.1. The van der Waals surface area contributed by atoms with E-state index in [4.69, 9.17) is 10.3 Å². The molecule has 0 aliphatic carbocycles. The Balaban J connectivity index is 1.91. The largest absolute Gasteiger partial charge is 0.383 e. The van der Waals surface area contributed by atoms with Crippen LogP contribution in [0.2, 0.25) is 0 Å². The van der Waals surface area contributed by atoms with Gasteiger partial charge in [-0.25, -0.2) is 4.68 Å². The Bertz CT molecular complexity index is 943. The van der Waals surface area contributed by atoms with Gasteiger partial charge in [-0.3, -0.25) is 4.79 Å². The Hall–Kier alpha value is -2.81. The Kier molecular flexibility index (Phi) is 5.22. The summed E-state index contributed by atoms with van der Waals surface area (Å²) in [5.74, 6) is 0.881. The number of carbonyl (C=O) groups is 1. The van der Waals surface area contributed by atoms with Crippen LogP contribution in [0.1, 0.15) is 20.8 Å². The van der Waals surface area contributed by atoms with E-state index in [1.807, 2.05) is 57.4 Å². The van der Waals surface area contributed by atoms with E-state index in [1.54, 1.807) is 0 Å². The first kappa shape index (κ1) is 19.0. The van der Waals surface area contributed by atoms with Crippen LogP contribution in [-0.4, -0.2) is 37.6 Å². The monoisotopic (exact) mass is 386 g/mol. The van der Waals surface area contributed by atoms with Crippen molar-refractivity contribution in [1.82, 2.24) is 25.2 Å². The topological polar surface area (TPSA) is 112 Å². The molecule has 2 heterocycles. The second-order valence-corrected chi connectivity index (χ2v) is 7.81. The Labute approximate surface area is 161 Å². The van der Waals surface area contributed by atoms with Crippen molar-refractivity contribution in [1.29, 1.82) is 0 Å². The number of anilines is 1. The SMILES string of the molecule is CSc1nn(CC(=O)NC(C)(C)C)c(N)c1-c1nc(-c2ccccc2)no1. The Morgan fingerprint density at radius 3 is 2.63 bits per heavy atom. The first-order valence-corrected chi connectivity index (χ1v) is 9.62. The number of aromatic nitrogens is 4. The van der Waals surface area contributed by atoms with Crippen molar-refractivity contribution in [3.63, 3.8) is 0 Å². The first-order valence-electron chi connectivity index (χ1n) is 8.39. The molecule has 3 rings (SSSR count). The van der Waals surface area contributed by atoms with E-state index in [1.165, 1.54) is 16.4 Å². The summed E-state index contributed by atoms with van der Waals surface area (Å²) in [6.07, 6.45) is 1.87. The number of thioether (sulfide) groups is 1. The molecule has 0 aliphatic rings. The van der Waals surface area contributed by atoms with Gasteiger partial charge in [-0.05, 0) is 27.0 Å². The Morgan fingerprint density at radius 2 is 2.00 bits per heavy atom. The third kappa shape index (κ3) is 4.30. The van der Waals surface area contributed by atoms with Gasteiger partial charge < -0.3 is 15.6 Å². The summed E-state index contributed by atoms with van der Waals surface area (Å²) in [7, 11) is 0. The molecule has 3 aromatic rings. The highest BCUT2D eigenvalue weighted by Gasteiger charge is 2.24. The number of hydrogen-bond acceptors (Lipinski definition) is 7. The van der Waals surface area contributed by atoms with E-state index in [-0.39, 0.29) is 23.9 Å². The van der Waals surface area contributed by atoms with Crippen LogP contribution in [0.4, 0.5) is 5.82 Å². The fraction of sp³-hybridized carbons (Fsp3) is 0.333. The van der Waals surface area contributed by atoms with Crippen LogP contribution < -0.4 is 11.1 Å². The molecule has 9 heteroatoms.